The molecule has 0 aromatic rings. The zero-order chi connectivity index (χ0) is 16.6. The largest absolute Gasteiger partial charge is 0.492 e. The second kappa shape index (κ2) is 6.49. The summed E-state index contributed by atoms with van der Waals surface area (Å²) in [7, 11) is 0. The van der Waals surface area contributed by atoms with E-state index in [0.717, 1.165) is 23.5 Å². The van der Waals surface area contributed by atoms with Crippen molar-refractivity contribution in [2.75, 3.05) is 0 Å². The van der Waals surface area contributed by atoms with Crippen LogP contribution in [0.3, 0.4) is 0 Å². The van der Waals surface area contributed by atoms with Gasteiger partial charge in [0.1, 0.15) is 5.60 Å². The predicted octanol–water partition coefficient (Wildman–Crippen LogP) is 6.42. The van der Waals surface area contributed by atoms with Gasteiger partial charge in [0.15, 0.2) is 0 Å². The molecular formula is C22H34O. The molecule has 0 aromatic heterocycles. The Hall–Kier alpha value is -0.980. The summed E-state index contributed by atoms with van der Waals surface area (Å²) < 4.78 is 6.42. The van der Waals surface area contributed by atoms with Gasteiger partial charge in [0.25, 0.3) is 0 Å². The Balaban J connectivity index is 1.69. The molecule has 3 aliphatic rings. The molecule has 0 amide bonds. The summed E-state index contributed by atoms with van der Waals surface area (Å²) in [5.74, 6) is 4.29. The molecule has 1 saturated carbocycles. The van der Waals surface area contributed by atoms with Crippen LogP contribution in [0.25, 0.3) is 0 Å². The fourth-order valence-electron chi connectivity index (χ4n) is 5.13. The summed E-state index contributed by atoms with van der Waals surface area (Å²) in [6.07, 6.45) is 14.7. The van der Waals surface area contributed by atoms with Crippen LogP contribution in [0.4, 0.5) is 0 Å². The molecule has 0 N–H and O–H groups in total. The number of ether oxygens (including phenoxy) is 1. The van der Waals surface area contributed by atoms with Crippen LogP contribution in [-0.2, 0) is 4.74 Å². The van der Waals surface area contributed by atoms with Crippen molar-refractivity contribution in [2.45, 2.75) is 78.7 Å². The molecule has 0 spiro atoms. The lowest BCUT2D eigenvalue weighted by Gasteiger charge is -2.38. The van der Waals surface area contributed by atoms with E-state index in [1.165, 1.54) is 38.5 Å². The second-order valence-electron chi connectivity index (χ2n) is 8.56. The van der Waals surface area contributed by atoms with E-state index >= 15 is 0 Å². The molecular weight excluding hydrogens is 280 g/mol. The molecule has 4 unspecified atom stereocenters. The Morgan fingerprint density at radius 3 is 2.70 bits per heavy atom. The average molecular weight is 315 g/mol. The minimum Gasteiger partial charge on any atom is -0.492 e. The van der Waals surface area contributed by atoms with Gasteiger partial charge in [-0.25, -0.2) is 0 Å². The molecule has 1 fully saturated rings. The van der Waals surface area contributed by atoms with Gasteiger partial charge in [-0.2, -0.15) is 0 Å². The Labute approximate surface area is 142 Å². The molecule has 128 valence electrons. The normalized spacial score (nSPS) is 34.4. The summed E-state index contributed by atoms with van der Waals surface area (Å²) in [4.78, 5) is 0. The summed E-state index contributed by atoms with van der Waals surface area (Å²) in [5, 5.41) is 0. The van der Waals surface area contributed by atoms with Crippen LogP contribution in [0.5, 0.6) is 0 Å². The fourth-order valence-corrected chi connectivity index (χ4v) is 5.13. The molecule has 1 nitrogen and oxygen atoms in total. The number of rotatable bonds is 5. The minimum absolute atomic E-state index is 0.0994. The summed E-state index contributed by atoms with van der Waals surface area (Å²) in [6.45, 7) is 11.4. The number of fused-ring (bicyclic) bond motifs is 1. The zero-order valence-corrected chi connectivity index (χ0v) is 15.7. The highest BCUT2D eigenvalue weighted by molar-refractivity contribution is 5.39. The second-order valence-corrected chi connectivity index (χ2v) is 8.56. The van der Waals surface area contributed by atoms with Crippen LogP contribution in [-0.4, -0.2) is 5.60 Å². The van der Waals surface area contributed by atoms with Crippen molar-refractivity contribution in [1.29, 1.82) is 0 Å². The SMILES string of the molecule is CCC1CC(/C=C(\C)OC(C)(C)C2C=CCCC2)=C2CC(C)C21. The molecule has 0 aromatic carbocycles. The van der Waals surface area contributed by atoms with E-state index in [1.807, 2.05) is 0 Å². The number of hydrogen-bond acceptors (Lipinski definition) is 1. The smallest absolute Gasteiger partial charge is 0.109 e. The zero-order valence-electron chi connectivity index (χ0n) is 15.7. The van der Waals surface area contributed by atoms with Gasteiger partial charge in [0.2, 0.25) is 0 Å². The van der Waals surface area contributed by atoms with Gasteiger partial charge in [-0.1, -0.05) is 38.0 Å². The van der Waals surface area contributed by atoms with E-state index in [2.05, 4.69) is 52.8 Å². The Kier molecular flexibility index (Phi) is 4.76. The summed E-state index contributed by atoms with van der Waals surface area (Å²) in [6, 6.07) is 0. The molecule has 1 heteroatoms. The van der Waals surface area contributed by atoms with E-state index < -0.39 is 0 Å². The third kappa shape index (κ3) is 3.30. The Morgan fingerprint density at radius 2 is 2.13 bits per heavy atom. The molecule has 3 aliphatic carbocycles. The van der Waals surface area contributed by atoms with Gasteiger partial charge in [-0.15, -0.1) is 0 Å². The van der Waals surface area contributed by atoms with E-state index in [9.17, 15) is 0 Å². The molecule has 4 atom stereocenters. The van der Waals surface area contributed by atoms with Crippen molar-refractivity contribution < 1.29 is 4.74 Å². The lowest BCUT2D eigenvalue weighted by molar-refractivity contribution is -0.00452. The van der Waals surface area contributed by atoms with Gasteiger partial charge in [0, 0.05) is 5.92 Å². The Bertz CT molecular complexity index is 534. The van der Waals surface area contributed by atoms with E-state index in [1.54, 1.807) is 11.1 Å². The van der Waals surface area contributed by atoms with Crippen LogP contribution in [0.1, 0.15) is 73.1 Å². The highest BCUT2D eigenvalue weighted by atomic mass is 16.5. The van der Waals surface area contributed by atoms with Crippen LogP contribution >= 0.6 is 0 Å². The average Bonchev–Trinajstić information content (AvgIpc) is 2.79. The van der Waals surface area contributed by atoms with Crippen LogP contribution < -0.4 is 0 Å². The van der Waals surface area contributed by atoms with Gasteiger partial charge in [-0.3, -0.25) is 0 Å². The molecule has 0 aliphatic heterocycles. The predicted molar refractivity (Wildman–Crippen MR) is 98.1 cm³/mol. The number of allylic oxidation sites excluding steroid dienone is 5. The fraction of sp³-hybridized carbons (Fsp3) is 0.727. The number of hydrogen-bond donors (Lipinski definition) is 0. The van der Waals surface area contributed by atoms with Crippen molar-refractivity contribution in [3.05, 3.63) is 35.1 Å². The van der Waals surface area contributed by atoms with Crippen LogP contribution in [0, 0.1) is 23.7 Å². The highest BCUT2D eigenvalue weighted by Gasteiger charge is 2.43. The van der Waals surface area contributed by atoms with Crippen molar-refractivity contribution in [3.63, 3.8) is 0 Å². The first-order valence-electron chi connectivity index (χ1n) is 9.68. The first kappa shape index (κ1) is 16.9. The summed E-state index contributed by atoms with van der Waals surface area (Å²) >= 11 is 0. The van der Waals surface area contributed by atoms with E-state index in [0.29, 0.717) is 5.92 Å². The molecule has 3 rings (SSSR count). The van der Waals surface area contributed by atoms with Gasteiger partial charge >= 0.3 is 0 Å². The van der Waals surface area contributed by atoms with Crippen LogP contribution in [0.2, 0.25) is 0 Å². The van der Waals surface area contributed by atoms with Gasteiger partial charge in [0.05, 0.1) is 5.76 Å². The van der Waals surface area contributed by atoms with E-state index in [-0.39, 0.29) is 5.60 Å². The standard InChI is InChI=1S/C22H34O/c1-6-17-14-18(20-12-15(2)21(17)20)13-16(3)23-22(4,5)19-10-8-7-9-11-19/h8,10,13,15,17,19,21H,6-7,9,11-12,14H2,1-5H3/b16-13+. The third-order valence-electron chi connectivity index (χ3n) is 6.43. The van der Waals surface area contributed by atoms with Crippen molar-refractivity contribution in [3.8, 4) is 0 Å². The minimum atomic E-state index is -0.0994. The topological polar surface area (TPSA) is 9.23 Å². The monoisotopic (exact) mass is 314 g/mol. The van der Waals surface area contributed by atoms with Crippen LogP contribution in [0.15, 0.2) is 35.1 Å². The first-order valence-corrected chi connectivity index (χ1v) is 9.68. The Morgan fingerprint density at radius 1 is 1.35 bits per heavy atom. The lowest BCUT2D eigenvalue weighted by Crippen LogP contribution is -2.33. The molecule has 0 bridgehead atoms. The first-order chi connectivity index (χ1) is 10.9. The lowest BCUT2D eigenvalue weighted by atomic mass is 9.67. The maximum absolute atomic E-state index is 6.42. The van der Waals surface area contributed by atoms with Gasteiger partial charge in [-0.05, 0) is 82.3 Å². The molecule has 0 heterocycles. The molecule has 23 heavy (non-hydrogen) atoms. The van der Waals surface area contributed by atoms with Gasteiger partial charge < -0.3 is 4.74 Å². The third-order valence-corrected chi connectivity index (χ3v) is 6.43. The quantitative estimate of drug-likeness (QED) is 0.420. The van der Waals surface area contributed by atoms with Crippen molar-refractivity contribution in [2.24, 2.45) is 23.7 Å². The molecule has 0 radical (unpaired) electrons. The highest BCUT2D eigenvalue weighted by Crippen LogP contribution is 2.54. The van der Waals surface area contributed by atoms with Crippen molar-refractivity contribution >= 4 is 0 Å². The summed E-state index contributed by atoms with van der Waals surface area (Å²) in [5.41, 5.74) is 3.23. The molecule has 0 saturated heterocycles. The van der Waals surface area contributed by atoms with E-state index in [4.69, 9.17) is 4.74 Å². The maximum Gasteiger partial charge on any atom is 0.109 e. The maximum atomic E-state index is 6.42. The van der Waals surface area contributed by atoms with Crippen molar-refractivity contribution in [1.82, 2.24) is 0 Å².